The number of hydrogen-bond acceptors (Lipinski definition) is 5. The Kier molecular flexibility index (Phi) is 6.34. The number of carbonyl (C=O) groups excluding carboxylic acids is 1. The molecule has 4 rings (SSSR count). The van der Waals surface area contributed by atoms with Gasteiger partial charge in [-0.15, -0.1) is 10.2 Å². The molecule has 0 atom stereocenters. The highest BCUT2D eigenvalue weighted by Crippen LogP contribution is 2.30. The first-order chi connectivity index (χ1) is 15.0. The van der Waals surface area contributed by atoms with Gasteiger partial charge in [-0.1, -0.05) is 35.5 Å². The van der Waals surface area contributed by atoms with Crippen molar-refractivity contribution in [3.05, 3.63) is 83.3 Å². The Balaban J connectivity index is 1.54. The molecule has 0 aliphatic heterocycles. The highest BCUT2D eigenvalue weighted by Gasteiger charge is 2.19. The van der Waals surface area contributed by atoms with E-state index in [-0.39, 0.29) is 11.4 Å². The van der Waals surface area contributed by atoms with E-state index in [2.05, 4.69) is 15.5 Å². The number of rotatable bonds is 7. The smallest absolute Gasteiger partial charge is 0.234 e. The van der Waals surface area contributed by atoms with Gasteiger partial charge in [0.05, 0.1) is 23.6 Å². The molecule has 6 nitrogen and oxygen atoms in total. The van der Waals surface area contributed by atoms with Crippen molar-refractivity contribution in [1.29, 1.82) is 0 Å². The quantitative estimate of drug-likeness (QED) is 0.381. The fraction of sp³-hybridized carbons (Fsp3) is 0.0952. The van der Waals surface area contributed by atoms with Crippen LogP contribution in [0.25, 0.3) is 11.4 Å². The monoisotopic (exact) mass is 460 g/mol. The molecule has 4 aromatic rings. The third-order valence-corrected chi connectivity index (χ3v) is 5.56. The van der Waals surface area contributed by atoms with Crippen LogP contribution in [0.3, 0.4) is 0 Å². The minimum Gasteiger partial charge on any atom is -0.467 e. The molecule has 2 heterocycles. The zero-order valence-electron chi connectivity index (χ0n) is 15.9. The number of aromatic nitrogens is 3. The van der Waals surface area contributed by atoms with E-state index < -0.39 is 17.5 Å². The Morgan fingerprint density at radius 2 is 1.94 bits per heavy atom. The second-order valence-electron chi connectivity index (χ2n) is 6.42. The maximum atomic E-state index is 13.3. The van der Waals surface area contributed by atoms with E-state index in [1.165, 1.54) is 6.07 Å². The Hall–Kier alpha value is -3.17. The van der Waals surface area contributed by atoms with Crippen molar-refractivity contribution in [1.82, 2.24) is 14.8 Å². The summed E-state index contributed by atoms with van der Waals surface area (Å²) >= 11 is 7.48. The molecule has 2 aromatic heterocycles. The summed E-state index contributed by atoms with van der Waals surface area (Å²) in [5, 5.41) is 12.0. The first-order valence-electron chi connectivity index (χ1n) is 9.09. The molecule has 0 radical (unpaired) electrons. The molecule has 0 fully saturated rings. The zero-order valence-corrected chi connectivity index (χ0v) is 17.5. The summed E-state index contributed by atoms with van der Waals surface area (Å²) in [7, 11) is 0. The topological polar surface area (TPSA) is 73.0 Å². The van der Waals surface area contributed by atoms with Gasteiger partial charge in [0, 0.05) is 17.3 Å². The van der Waals surface area contributed by atoms with Crippen LogP contribution in [0, 0.1) is 11.6 Å². The second kappa shape index (κ2) is 9.32. The number of nitrogens with zero attached hydrogens (tertiary/aromatic N) is 3. The average molecular weight is 461 g/mol. The molecular weight excluding hydrogens is 446 g/mol. The number of furan rings is 1. The molecule has 0 bridgehead atoms. The van der Waals surface area contributed by atoms with Gasteiger partial charge in [0.25, 0.3) is 0 Å². The van der Waals surface area contributed by atoms with E-state index in [0.717, 1.165) is 23.9 Å². The van der Waals surface area contributed by atoms with Crippen LogP contribution in [0.4, 0.5) is 14.5 Å². The number of nitrogens with one attached hydrogen (secondary N) is 1. The van der Waals surface area contributed by atoms with Crippen LogP contribution in [0.2, 0.25) is 5.02 Å². The molecule has 10 heteroatoms. The number of thioether (sulfide) groups is 1. The van der Waals surface area contributed by atoms with E-state index in [0.29, 0.717) is 33.9 Å². The first kappa shape index (κ1) is 21.1. The summed E-state index contributed by atoms with van der Waals surface area (Å²) in [4.78, 5) is 12.3. The number of benzene rings is 2. The molecule has 2 aromatic carbocycles. The van der Waals surface area contributed by atoms with Gasteiger partial charge < -0.3 is 9.73 Å². The molecule has 0 unspecified atom stereocenters. The van der Waals surface area contributed by atoms with E-state index >= 15 is 0 Å². The van der Waals surface area contributed by atoms with E-state index in [4.69, 9.17) is 16.0 Å². The highest BCUT2D eigenvalue weighted by molar-refractivity contribution is 7.99. The SMILES string of the molecule is O=C(CSc1nnc(-c2ccccc2Cl)n1Cc1ccco1)Nc1ccc(F)c(F)c1. The second-order valence-corrected chi connectivity index (χ2v) is 7.77. The van der Waals surface area contributed by atoms with Crippen LogP contribution in [-0.4, -0.2) is 26.4 Å². The van der Waals surface area contributed by atoms with Crippen molar-refractivity contribution in [2.24, 2.45) is 0 Å². The maximum absolute atomic E-state index is 13.3. The maximum Gasteiger partial charge on any atom is 0.234 e. The molecule has 0 aliphatic rings. The third-order valence-electron chi connectivity index (χ3n) is 4.26. The van der Waals surface area contributed by atoms with Crippen molar-refractivity contribution >= 4 is 35.0 Å². The lowest BCUT2D eigenvalue weighted by Gasteiger charge is -2.10. The predicted octanol–water partition coefficient (Wildman–Crippen LogP) is 5.25. The minimum absolute atomic E-state index is 0.0161. The van der Waals surface area contributed by atoms with Gasteiger partial charge in [-0.3, -0.25) is 9.36 Å². The van der Waals surface area contributed by atoms with Crippen molar-refractivity contribution in [3.63, 3.8) is 0 Å². The van der Waals surface area contributed by atoms with Crippen LogP contribution in [0.15, 0.2) is 70.4 Å². The molecule has 158 valence electrons. The molecule has 1 N–H and O–H groups in total. The summed E-state index contributed by atoms with van der Waals surface area (Å²) in [6.45, 7) is 0.341. The third kappa shape index (κ3) is 4.95. The van der Waals surface area contributed by atoms with Gasteiger partial charge in [0.15, 0.2) is 22.6 Å². The van der Waals surface area contributed by atoms with Crippen molar-refractivity contribution in [2.45, 2.75) is 11.7 Å². The lowest BCUT2D eigenvalue weighted by Crippen LogP contribution is -2.15. The van der Waals surface area contributed by atoms with Gasteiger partial charge in [-0.25, -0.2) is 8.78 Å². The zero-order chi connectivity index (χ0) is 21.8. The molecule has 0 saturated carbocycles. The lowest BCUT2D eigenvalue weighted by atomic mass is 10.2. The van der Waals surface area contributed by atoms with Crippen LogP contribution < -0.4 is 5.32 Å². The van der Waals surface area contributed by atoms with Gasteiger partial charge >= 0.3 is 0 Å². The predicted molar refractivity (Wildman–Crippen MR) is 114 cm³/mol. The van der Waals surface area contributed by atoms with Gasteiger partial charge in [-0.2, -0.15) is 0 Å². The Morgan fingerprint density at radius 3 is 2.68 bits per heavy atom. The van der Waals surface area contributed by atoms with Crippen molar-refractivity contribution < 1.29 is 18.0 Å². The van der Waals surface area contributed by atoms with E-state index in [1.807, 2.05) is 24.3 Å². The molecule has 0 spiro atoms. The van der Waals surface area contributed by atoms with Crippen LogP contribution >= 0.6 is 23.4 Å². The number of hydrogen-bond donors (Lipinski definition) is 1. The summed E-state index contributed by atoms with van der Waals surface area (Å²) in [6.07, 6.45) is 1.57. The first-order valence-corrected chi connectivity index (χ1v) is 10.5. The highest BCUT2D eigenvalue weighted by atomic mass is 35.5. The van der Waals surface area contributed by atoms with Crippen molar-refractivity contribution in [2.75, 3.05) is 11.1 Å². The molecular formula is C21H15ClF2N4O2S. The van der Waals surface area contributed by atoms with E-state index in [9.17, 15) is 13.6 Å². The van der Waals surface area contributed by atoms with Crippen molar-refractivity contribution in [3.8, 4) is 11.4 Å². The molecule has 1 amide bonds. The van der Waals surface area contributed by atoms with Gasteiger partial charge in [0.2, 0.25) is 5.91 Å². The van der Waals surface area contributed by atoms with Gasteiger partial charge in [-0.05, 0) is 36.4 Å². The number of anilines is 1. The normalized spacial score (nSPS) is 10.9. The summed E-state index contributed by atoms with van der Waals surface area (Å²) in [5.74, 6) is -1.22. The standard InChI is InChI=1S/C21H15ClF2N4O2S/c22-16-6-2-1-5-15(16)20-26-27-21(28(20)11-14-4-3-9-30-14)31-12-19(29)25-13-7-8-17(23)18(24)10-13/h1-10H,11-12H2,(H,25,29). The van der Waals surface area contributed by atoms with Gasteiger partial charge in [0.1, 0.15) is 5.76 Å². The summed E-state index contributed by atoms with van der Waals surface area (Å²) < 4.78 is 33.6. The largest absolute Gasteiger partial charge is 0.467 e. The van der Waals surface area contributed by atoms with E-state index in [1.54, 1.807) is 23.0 Å². The Morgan fingerprint density at radius 1 is 1.10 bits per heavy atom. The Labute approximate surface area is 185 Å². The molecule has 31 heavy (non-hydrogen) atoms. The van der Waals surface area contributed by atoms with Crippen LogP contribution in [0.1, 0.15) is 5.76 Å². The molecule has 0 saturated heterocycles. The molecule has 0 aliphatic carbocycles. The fourth-order valence-electron chi connectivity index (χ4n) is 2.84. The lowest BCUT2D eigenvalue weighted by molar-refractivity contribution is -0.113. The number of halogens is 3. The van der Waals surface area contributed by atoms with Crippen LogP contribution in [0.5, 0.6) is 0 Å². The average Bonchev–Trinajstić information content (AvgIpc) is 3.40. The Bertz CT molecular complexity index is 1210. The summed E-state index contributed by atoms with van der Waals surface area (Å²) in [5.41, 5.74) is 0.861. The fourth-order valence-corrected chi connectivity index (χ4v) is 3.80. The summed E-state index contributed by atoms with van der Waals surface area (Å²) in [6, 6.07) is 14.0. The van der Waals surface area contributed by atoms with Crippen LogP contribution in [-0.2, 0) is 11.3 Å². The minimum atomic E-state index is -1.03. The number of carbonyl (C=O) groups is 1. The number of amides is 1.